The first-order valence-electron chi connectivity index (χ1n) is 16.0. The summed E-state index contributed by atoms with van der Waals surface area (Å²) in [6.07, 6.45) is 6.03. The quantitative estimate of drug-likeness (QED) is 0.103. The van der Waals surface area contributed by atoms with Crippen molar-refractivity contribution in [1.29, 1.82) is 0 Å². The van der Waals surface area contributed by atoms with Gasteiger partial charge in [-0.3, -0.25) is 19.2 Å². The lowest BCUT2D eigenvalue weighted by molar-refractivity contribution is -0.159. The Hall–Kier alpha value is -3.22. The fourth-order valence-corrected chi connectivity index (χ4v) is 7.87. The number of aliphatic hydroxyl groups is 1. The van der Waals surface area contributed by atoms with E-state index in [1.807, 2.05) is 0 Å². The van der Waals surface area contributed by atoms with Crippen LogP contribution >= 0.6 is 15.9 Å². The number of fused-ring (bicyclic) bond motifs is 1. The van der Waals surface area contributed by atoms with Gasteiger partial charge in [0.25, 0.3) is 5.91 Å². The number of hydrogen-bond acceptors (Lipinski definition) is 8. The standard InChI is InChI=1S/C34H46BrN3O8/c1-5-7-12-26(40)36-21-22(3)45-33(43)27-28-31(41)38(18-10-8-9-11-19-39)30(34(28)20-25(35)29(27)46-34)32(42)37(17-6-2)23-13-15-24(44-4)16-14-23/h5-6,13-16,22,25,27-30,39H,1-2,7-12,17-21H2,3-4H3,(H,36,40)/t22-,25?,27+,28-,29+,30+,34-/m0/s1. The van der Waals surface area contributed by atoms with Crippen LogP contribution in [-0.4, -0.2) is 95.7 Å². The number of rotatable bonds is 18. The van der Waals surface area contributed by atoms with E-state index in [4.69, 9.17) is 14.2 Å². The van der Waals surface area contributed by atoms with E-state index in [1.54, 1.807) is 60.3 Å². The molecule has 46 heavy (non-hydrogen) atoms. The monoisotopic (exact) mass is 703 g/mol. The molecule has 1 unspecified atom stereocenters. The first kappa shape index (κ1) is 35.6. The van der Waals surface area contributed by atoms with Gasteiger partial charge in [-0.15, -0.1) is 13.2 Å². The lowest BCUT2D eigenvalue weighted by Crippen LogP contribution is -2.57. The lowest BCUT2D eigenvalue weighted by atomic mass is 9.70. The van der Waals surface area contributed by atoms with Gasteiger partial charge in [-0.2, -0.15) is 0 Å². The Bertz CT molecular complexity index is 1280. The number of carbonyl (C=O) groups excluding carboxylic acids is 4. The summed E-state index contributed by atoms with van der Waals surface area (Å²) in [6.45, 7) is 9.89. The average molecular weight is 705 g/mol. The van der Waals surface area contributed by atoms with E-state index in [0.29, 0.717) is 43.7 Å². The van der Waals surface area contributed by atoms with Gasteiger partial charge in [0, 0.05) is 36.6 Å². The maximum atomic E-state index is 14.7. The van der Waals surface area contributed by atoms with Crippen molar-refractivity contribution in [2.45, 2.75) is 80.5 Å². The smallest absolute Gasteiger partial charge is 0.312 e. The number of carbonyl (C=O) groups is 4. The number of likely N-dealkylation sites (tertiary alicyclic amines) is 1. The van der Waals surface area contributed by atoms with Crippen molar-refractivity contribution >= 4 is 45.3 Å². The van der Waals surface area contributed by atoms with Gasteiger partial charge in [0.1, 0.15) is 23.5 Å². The van der Waals surface area contributed by atoms with Gasteiger partial charge in [0.2, 0.25) is 11.8 Å². The lowest BCUT2D eigenvalue weighted by Gasteiger charge is -2.37. The Morgan fingerprint density at radius 2 is 1.91 bits per heavy atom. The molecule has 3 fully saturated rings. The molecule has 3 aliphatic heterocycles. The number of anilines is 1. The van der Waals surface area contributed by atoms with E-state index in [1.165, 1.54) is 0 Å². The third-order valence-corrected chi connectivity index (χ3v) is 9.89. The molecule has 1 spiro atoms. The van der Waals surface area contributed by atoms with Gasteiger partial charge < -0.3 is 34.4 Å². The van der Waals surface area contributed by atoms with Crippen LogP contribution in [0.5, 0.6) is 5.75 Å². The fraction of sp³-hybridized carbons (Fsp3) is 0.588. The highest BCUT2D eigenvalue weighted by molar-refractivity contribution is 9.09. The number of nitrogens with one attached hydrogen (secondary N) is 1. The van der Waals surface area contributed by atoms with Gasteiger partial charge >= 0.3 is 5.97 Å². The summed E-state index contributed by atoms with van der Waals surface area (Å²) in [4.78, 5) is 57.7. The average Bonchev–Trinajstić information content (AvgIpc) is 3.64. The number of amides is 3. The number of unbranched alkanes of at least 4 members (excludes halogenated alkanes) is 3. The summed E-state index contributed by atoms with van der Waals surface area (Å²) in [6, 6.07) is 6.11. The molecule has 0 saturated carbocycles. The van der Waals surface area contributed by atoms with Crippen molar-refractivity contribution in [3.8, 4) is 5.75 Å². The number of allylic oxidation sites excluding steroid dienone is 1. The van der Waals surface area contributed by atoms with Crippen molar-refractivity contribution in [3.05, 3.63) is 49.6 Å². The highest BCUT2D eigenvalue weighted by Gasteiger charge is 2.77. The fourth-order valence-electron chi connectivity index (χ4n) is 6.93. The Kier molecular flexibility index (Phi) is 12.4. The summed E-state index contributed by atoms with van der Waals surface area (Å²) in [7, 11) is 1.57. The minimum Gasteiger partial charge on any atom is -0.497 e. The minimum atomic E-state index is -1.24. The summed E-state index contributed by atoms with van der Waals surface area (Å²) in [5.41, 5.74) is -0.626. The number of esters is 1. The molecule has 3 heterocycles. The van der Waals surface area contributed by atoms with Crippen LogP contribution in [0, 0.1) is 11.8 Å². The molecular formula is C34H46BrN3O8. The van der Waals surface area contributed by atoms with Crippen LogP contribution in [0.1, 0.15) is 51.9 Å². The van der Waals surface area contributed by atoms with E-state index in [0.717, 1.165) is 12.8 Å². The van der Waals surface area contributed by atoms with Crippen LogP contribution in [0.15, 0.2) is 49.6 Å². The number of alkyl halides is 1. The Morgan fingerprint density at radius 3 is 2.57 bits per heavy atom. The topological polar surface area (TPSA) is 135 Å². The summed E-state index contributed by atoms with van der Waals surface area (Å²) in [5, 5.41) is 12.0. The van der Waals surface area contributed by atoms with Crippen molar-refractivity contribution in [2.75, 3.05) is 38.3 Å². The number of ether oxygens (including phenoxy) is 3. The van der Waals surface area contributed by atoms with Crippen LogP contribution in [0.2, 0.25) is 0 Å². The molecule has 2 N–H and O–H groups in total. The van der Waals surface area contributed by atoms with Crippen molar-refractivity contribution < 1.29 is 38.5 Å². The first-order chi connectivity index (χ1) is 22.1. The largest absolute Gasteiger partial charge is 0.497 e. The van der Waals surface area contributed by atoms with Crippen LogP contribution in [0.25, 0.3) is 0 Å². The van der Waals surface area contributed by atoms with Gasteiger partial charge in [0.05, 0.1) is 31.6 Å². The molecule has 11 nitrogen and oxygen atoms in total. The third-order valence-electron chi connectivity index (χ3n) is 9.04. The molecule has 0 aromatic heterocycles. The minimum absolute atomic E-state index is 0.0932. The molecule has 3 amide bonds. The zero-order chi connectivity index (χ0) is 33.4. The molecule has 2 bridgehead atoms. The van der Waals surface area contributed by atoms with E-state index in [2.05, 4.69) is 34.4 Å². The van der Waals surface area contributed by atoms with E-state index < -0.39 is 41.7 Å². The normalized spacial score (nSPS) is 26.7. The van der Waals surface area contributed by atoms with Crippen LogP contribution in [0.3, 0.4) is 0 Å². The second-order valence-electron chi connectivity index (χ2n) is 12.1. The second-order valence-corrected chi connectivity index (χ2v) is 13.3. The highest BCUT2D eigenvalue weighted by Crippen LogP contribution is 2.60. The zero-order valence-electron chi connectivity index (χ0n) is 26.7. The number of aliphatic hydroxyl groups excluding tert-OH is 1. The van der Waals surface area contributed by atoms with Crippen molar-refractivity contribution in [1.82, 2.24) is 10.2 Å². The van der Waals surface area contributed by atoms with Gasteiger partial charge in [0.15, 0.2) is 0 Å². The molecule has 3 aliphatic rings. The molecule has 3 saturated heterocycles. The molecule has 0 aliphatic carbocycles. The summed E-state index contributed by atoms with van der Waals surface area (Å²) >= 11 is 3.70. The predicted octanol–water partition coefficient (Wildman–Crippen LogP) is 3.53. The molecule has 1 aromatic carbocycles. The predicted molar refractivity (Wildman–Crippen MR) is 177 cm³/mol. The van der Waals surface area contributed by atoms with Crippen LogP contribution in [-0.2, 0) is 28.7 Å². The Balaban J connectivity index is 1.62. The first-order valence-corrected chi connectivity index (χ1v) is 16.9. The second kappa shape index (κ2) is 16.1. The molecular weight excluding hydrogens is 658 g/mol. The highest BCUT2D eigenvalue weighted by atomic mass is 79.9. The molecule has 1 aromatic rings. The number of halogens is 1. The molecule has 7 atom stereocenters. The van der Waals surface area contributed by atoms with E-state index >= 15 is 0 Å². The SMILES string of the molecule is C=CCCC(=O)NC[C@H](C)OC(=O)[C@H]1[C@@H]2O[C@@]3(CC2Br)[C@@H]1C(=O)N(CCCCCCO)[C@@H]3C(=O)N(CC=C)c1ccc(OC)cc1. The maximum Gasteiger partial charge on any atom is 0.312 e. The number of hydrogen-bond donors (Lipinski definition) is 2. The Morgan fingerprint density at radius 1 is 1.20 bits per heavy atom. The van der Waals surface area contributed by atoms with Crippen LogP contribution in [0.4, 0.5) is 5.69 Å². The number of benzene rings is 1. The maximum absolute atomic E-state index is 14.7. The van der Waals surface area contributed by atoms with Crippen molar-refractivity contribution in [2.24, 2.45) is 11.8 Å². The van der Waals surface area contributed by atoms with Gasteiger partial charge in [-0.1, -0.05) is 40.9 Å². The molecule has 12 heteroatoms. The summed E-state index contributed by atoms with van der Waals surface area (Å²) < 4.78 is 17.7. The van der Waals surface area contributed by atoms with Gasteiger partial charge in [-0.05, 0) is 56.9 Å². The summed E-state index contributed by atoms with van der Waals surface area (Å²) in [5.74, 6) is -2.57. The van der Waals surface area contributed by atoms with E-state index in [-0.39, 0.29) is 48.7 Å². The number of methoxy groups -OCH3 is 1. The third kappa shape index (κ3) is 7.34. The van der Waals surface area contributed by atoms with Gasteiger partial charge in [-0.25, -0.2) is 0 Å². The number of nitrogens with zero attached hydrogens (tertiary/aromatic N) is 2. The molecule has 4 rings (SSSR count). The zero-order valence-corrected chi connectivity index (χ0v) is 28.3. The van der Waals surface area contributed by atoms with E-state index in [9.17, 15) is 24.3 Å². The molecule has 252 valence electrons. The molecule has 0 radical (unpaired) electrons. The van der Waals surface area contributed by atoms with Crippen LogP contribution < -0.4 is 15.0 Å². The van der Waals surface area contributed by atoms with Crippen molar-refractivity contribution in [3.63, 3.8) is 0 Å². The Labute approximate surface area is 279 Å².